The fraction of sp³-hybridized carbons (Fsp3) is 0.462. The summed E-state index contributed by atoms with van der Waals surface area (Å²) in [5.74, 6) is -0.0682. The van der Waals surface area contributed by atoms with E-state index < -0.39 is 12.0 Å². The highest BCUT2D eigenvalue weighted by Gasteiger charge is 2.42. The Morgan fingerprint density at radius 2 is 2.22 bits per heavy atom. The van der Waals surface area contributed by atoms with E-state index in [-0.39, 0.29) is 18.2 Å². The third kappa shape index (κ3) is 1.76. The van der Waals surface area contributed by atoms with Gasteiger partial charge >= 0.3 is 5.97 Å². The number of para-hydroxylation sites is 1. The zero-order valence-corrected chi connectivity index (χ0v) is 10.00. The van der Waals surface area contributed by atoms with Crippen LogP contribution in [0.25, 0.3) is 0 Å². The van der Waals surface area contributed by atoms with Crippen LogP contribution in [0.2, 0.25) is 0 Å². The summed E-state index contributed by atoms with van der Waals surface area (Å²) >= 11 is 0. The SMILES string of the molecule is CC1OC2c3ccccc3OCC2NC1C(=O)O. The molecular weight excluding hydrogens is 234 g/mol. The van der Waals surface area contributed by atoms with Crippen molar-refractivity contribution in [2.24, 2.45) is 0 Å². The molecular formula is C13H15NO4. The Hall–Kier alpha value is -1.59. The number of ether oxygens (including phenoxy) is 2. The zero-order valence-electron chi connectivity index (χ0n) is 10.00. The minimum absolute atomic E-state index is 0.114. The maximum Gasteiger partial charge on any atom is 0.323 e. The Morgan fingerprint density at radius 1 is 1.44 bits per heavy atom. The van der Waals surface area contributed by atoms with E-state index in [1.54, 1.807) is 6.92 Å². The van der Waals surface area contributed by atoms with Crippen LogP contribution in [-0.4, -0.2) is 35.9 Å². The number of aliphatic carboxylic acids is 1. The van der Waals surface area contributed by atoms with E-state index in [1.165, 1.54) is 0 Å². The average Bonchev–Trinajstić information content (AvgIpc) is 2.37. The normalized spacial score (nSPS) is 34.1. The third-order valence-corrected chi connectivity index (χ3v) is 3.50. The molecule has 2 aliphatic rings. The molecule has 0 spiro atoms. The van der Waals surface area contributed by atoms with Gasteiger partial charge in [0.25, 0.3) is 0 Å². The van der Waals surface area contributed by atoms with Crippen molar-refractivity contribution in [2.45, 2.75) is 31.2 Å². The topological polar surface area (TPSA) is 67.8 Å². The summed E-state index contributed by atoms with van der Waals surface area (Å²) in [6.07, 6.45) is -0.504. The fourth-order valence-electron chi connectivity index (χ4n) is 2.58. The van der Waals surface area contributed by atoms with Crippen molar-refractivity contribution < 1.29 is 19.4 Å². The summed E-state index contributed by atoms with van der Waals surface area (Å²) < 4.78 is 11.5. The molecule has 5 heteroatoms. The van der Waals surface area contributed by atoms with Gasteiger partial charge in [0.15, 0.2) is 0 Å². The second kappa shape index (κ2) is 4.26. The molecule has 0 amide bonds. The molecule has 0 aromatic heterocycles. The van der Waals surface area contributed by atoms with Crippen molar-refractivity contribution in [1.82, 2.24) is 5.32 Å². The molecule has 1 aromatic carbocycles. The number of carboxylic acids is 1. The first-order valence-corrected chi connectivity index (χ1v) is 6.03. The van der Waals surface area contributed by atoms with Crippen molar-refractivity contribution in [1.29, 1.82) is 0 Å². The van der Waals surface area contributed by atoms with Crippen LogP contribution in [0.1, 0.15) is 18.6 Å². The maximum atomic E-state index is 11.1. The minimum Gasteiger partial charge on any atom is -0.491 e. The van der Waals surface area contributed by atoms with Gasteiger partial charge in [-0.2, -0.15) is 0 Å². The number of hydrogen-bond acceptors (Lipinski definition) is 4. The smallest absolute Gasteiger partial charge is 0.323 e. The Balaban J connectivity index is 1.89. The van der Waals surface area contributed by atoms with E-state index in [1.807, 2.05) is 24.3 Å². The number of hydrogen-bond donors (Lipinski definition) is 2. The Kier molecular flexibility index (Phi) is 2.72. The van der Waals surface area contributed by atoms with Crippen LogP contribution in [0, 0.1) is 0 Å². The minimum atomic E-state index is -0.889. The van der Waals surface area contributed by atoms with Crippen molar-refractivity contribution in [3.8, 4) is 5.75 Å². The van der Waals surface area contributed by atoms with Gasteiger partial charge in [-0.25, -0.2) is 0 Å². The van der Waals surface area contributed by atoms with Crippen molar-refractivity contribution in [2.75, 3.05) is 6.61 Å². The highest BCUT2D eigenvalue weighted by Crippen LogP contribution is 2.37. The Labute approximate surface area is 105 Å². The molecule has 5 nitrogen and oxygen atoms in total. The average molecular weight is 249 g/mol. The Bertz CT molecular complexity index is 476. The molecule has 0 aliphatic carbocycles. The fourth-order valence-corrected chi connectivity index (χ4v) is 2.58. The molecule has 0 radical (unpaired) electrons. The highest BCUT2D eigenvalue weighted by molar-refractivity contribution is 5.74. The predicted octanol–water partition coefficient (Wildman–Crippen LogP) is 0.950. The molecule has 0 bridgehead atoms. The van der Waals surface area contributed by atoms with Crippen molar-refractivity contribution in [3.63, 3.8) is 0 Å². The van der Waals surface area contributed by atoms with Gasteiger partial charge in [-0.1, -0.05) is 18.2 Å². The van der Waals surface area contributed by atoms with Crippen molar-refractivity contribution in [3.05, 3.63) is 29.8 Å². The first kappa shape index (κ1) is 11.5. The first-order valence-electron chi connectivity index (χ1n) is 6.03. The Morgan fingerprint density at radius 3 is 3.00 bits per heavy atom. The largest absolute Gasteiger partial charge is 0.491 e. The van der Waals surface area contributed by atoms with Crippen LogP contribution in [-0.2, 0) is 9.53 Å². The summed E-state index contributed by atoms with van der Waals surface area (Å²) in [7, 11) is 0. The summed E-state index contributed by atoms with van der Waals surface area (Å²) in [6.45, 7) is 2.21. The van der Waals surface area contributed by atoms with Crippen LogP contribution in [0.5, 0.6) is 5.75 Å². The summed E-state index contributed by atoms with van der Waals surface area (Å²) in [4.78, 5) is 11.1. The van der Waals surface area contributed by atoms with Gasteiger partial charge < -0.3 is 14.6 Å². The van der Waals surface area contributed by atoms with Crippen LogP contribution >= 0.6 is 0 Å². The first-order chi connectivity index (χ1) is 8.66. The summed E-state index contributed by atoms with van der Waals surface area (Å²) in [5, 5.41) is 12.2. The lowest BCUT2D eigenvalue weighted by Gasteiger charge is -2.42. The van der Waals surface area contributed by atoms with Gasteiger partial charge in [0, 0.05) is 5.56 Å². The van der Waals surface area contributed by atoms with Gasteiger partial charge in [-0.3, -0.25) is 10.1 Å². The van der Waals surface area contributed by atoms with Gasteiger partial charge in [0.2, 0.25) is 0 Å². The van der Waals surface area contributed by atoms with E-state index >= 15 is 0 Å². The van der Waals surface area contributed by atoms with E-state index in [0.29, 0.717) is 6.61 Å². The van der Waals surface area contributed by atoms with E-state index in [4.69, 9.17) is 14.6 Å². The lowest BCUT2D eigenvalue weighted by Crippen LogP contribution is -2.60. The number of carboxylic acid groups (broad SMARTS) is 1. The van der Waals surface area contributed by atoms with Crippen LogP contribution in [0.3, 0.4) is 0 Å². The number of benzene rings is 1. The summed E-state index contributed by atoms with van der Waals surface area (Å²) in [6, 6.07) is 6.92. The second-order valence-corrected chi connectivity index (χ2v) is 4.70. The molecule has 2 aliphatic heterocycles. The lowest BCUT2D eigenvalue weighted by atomic mass is 9.95. The standard InChI is InChI=1S/C13H15NO4/c1-7-11(13(15)16)14-9-6-17-10-5-3-2-4-8(10)12(9)18-7/h2-5,7,9,11-12,14H,6H2,1H3,(H,15,16). The maximum absolute atomic E-state index is 11.1. The third-order valence-electron chi connectivity index (χ3n) is 3.50. The molecule has 1 fully saturated rings. The molecule has 2 heterocycles. The molecule has 1 saturated heterocycles. The van der Waals surface area contributed by atoms with Gasteiger partial charge in [-0.15, -0.1) is 0 Å². The number of fused-ring (bicyclic) bond motifs is 3. The van der Waals surface area contributed by atoms with E-state index in [9.17, 15) is 4.79 Å². The second-order valence-electron chi connectivity index (χ2n) is 4.70. The monoisotopic (exact) mass is 249 g/mol. The molecule has 1 aromatic rings. The number of morpholine rings is 1. The van der Waals surface area contributed by atoms with Gasteiger partial charge in [0.05, 0.1) is 12.1 Å². The molecule has 4 unspecified atom stereocenters. The number of carbonyl (C=O) groups is 1. The molecule has 96 valence electrons. The molecule has 0 saturated carbocycles. The van der Waals surface area contributed by atoms with Crippen LogP contribution < -0.4 is 10.1 Å². The predicted molar refractivity (Wildman–Crippen MR) is 63.6 cm³/mol. The highest BCUT2D eigenvalue weighted by atomic mass is 16.5. The quantitative estimate of drug-likeness (QED) is 0.775. The number of nitrogens with one attached hydrogen (secondary N) is 1. The zero-order chi connectivity index (χ0) is 12.7. The molecule has 18 heavy (non-hydrogen) atoms. The van der Waals surface area contributed by atoms with Gasteiger partial charge in [-0.05, 0) is 13.0 Å². The molecule has 2 N–H and O–H groups in total. The van der Waals surface area contributed by atoms with Crippen LogP contribution in [0.15, 0.2) is 24.3 Å². The lowest BCUT2D eigenvalue weighted by molar-refractivity contribution is -0.155. The van der Waals surface area contributed by atoms with E-state index in [0.717, 1.165) is 11.3 Å². The summed E-state index contributed by atoms with van der Waals surface area (Å²) in [5.41, 5.74) is 0.983. The molecule has 4 atom stereocenters. The van der Waals surface area contributed by atoms with E-state index in [2.05, 4.69) is 5.32 Å². The van der Waals surface area contributed by atoms with Gasteiger partial charge in [0.1, 0.15) is 24.5 Å². The van der Waals surface area contributed by atoms with Crippen molar-refractivity contribution >= 4 is 5.97 Å². The van der Waals surface area contributed by atoms with Crippen LogP contribution in [0.4, 0.5) is 0 Å². The number of rotatable bonds is 1. The molecule has 3 rings (SSSR count).